The summed E-state index contributed by atoms with van der Waals surface area (Å²) < 4.78 is 12.8. The average molecular weight is 191 g/mol. The molecule has 0 fully saturated rings. The van der Waals surface area contributed by atoms with Crippen LogP contribution in [-0.4, -0.2) is 12.6 Å². The van der Waals surface area contributed by atoms with Crippen molar-refractivity contribution in [1.29, 1.82) is 0 Å². The van der Waals surface area contributed by atoms with Crippen molar-refractivity contribution in [2.45, 2.75) is 6.42 Å². The summed E-state index contributed by atoms with van der Waals surface area (Å²) in [5, 5.41) is 0. The summed E-state index contributed by atoms with van der Waals surface area (Å²) in [7, 11) is 0. The average Bonchev–Trinajstić information content (AvgIpc) is 2.15. The molecule has 0 saturated carbocycles. The molecule has 0 unspecified atom stereocenters. The van der Waals surface area contributed by atoms with Crippen molar-refractivity contribution in [2.24, 2.45) is 4.99 Å². The number of aliphatic imine (C=N–C) groups is 1. The monoisotopic (exact) mass is 191 g/mol. The molecule has 0 saturated heterocycles. The molecule has 0 N–H and O–H groups in total. The second-order valence-corrected chi connectivity index (χ2v) is 2.96. The van der Waals surface area contributed by atoms with E-state index < -0.39 is 0 Å². The predicted molar refractivity (Wildman–Crippen MR) is 52.2 cm³/mol. The second-order valence-electron chi connectivity index (χ2n) is 2.96. The molecule has 0 aliphatic carbocycles. The Balaban J connectivity index is 2.60. The van der Waals surface area contributed by atoms with Gasteiger partial charge in [-0.25, -0.2) is 14.2 Å². The van der Waals surface area contributed by atoms with Gasteiger partial charge in [-0.2, -0.15) is 0 Å². The molecule has 14 heavy (non-hydrogen) atoms. The molecule has 1 aromatic carbocycles. The summed E-state index contributed by atoms with van der Waals surface area (Å²) in [6.07, 6.45) is 1.97. The summed E-state index contributed by atoms with van der Waals surface area (Å²) >= 11 is 0. The lowest BCUT2D eigenvalue weighted by molar-refractivity contribution is 0.563. The molecule has 0 amide bonds. The molecule has 72 valence electrons. The van der Waals surface area contributed by atoms with Crippen LogP contribution in [0.15, 0.2) is 41.4 Å². The first-order valence-corrected chi connectivity index (χ1v) is 4.17. The first kappa shape index (κ1) is 10.4. The highest BCUT2D eigenvalue weighted by Crippen LogP contribution is 2.08. The van der Waals surface area contributed by atoms with E-state index in [0.717, 1.165) is 11.1 Å². The van der Waals surface area contributed by atoms with Gasteiger partial charge in [0, 0.05) is 0 Å². The van der Waals surface area contributed by atoms with Crippen LogP contribution in [0.5, 0.6) is 0 Å². The molecule has 0 bridgehead atoms. The number of hydrogen-bond acceptors (Lipinski definition) is 2. The van der Waals surface area contributed by atoms with Crippen molar-refractivity contribution in [3.63, 3.8) is 0 Å². The van der Waals surface area contributed by atoms with E-state index in [4.69, 9.17) is 0 Å². The number of rotatable bonds is 4. The van der Waals surface area contributed by atoms with Gasteiger partial charge in [-0.15, -0.1) is 0 Å². The summed E-state index contributed by atoms with van der Waals surface area (Å²) in [5.41, 5.74) is 1.59. The Morgan fingerprint density at radius 3 is 3.00 bits per heavy atom. The van der Waals surface area contributed by atoms with E-state index in [2.05, 4.69) is 11.6 Å². The SMILES string of the molecule is C=C(CN=C=O)Cc1cccc(F)c1. The maximum Gasteiger partial charge on any atom is 0.235 e. The normalized spacial score (nSPS) is 9.21. The largest absolute Gasteiger partial charge is 0.235 e. The number of nitrogens with zero attached hydrogens (tertiary/aromatic N) is 1. The number of carbonyl (C=O) groups excluding carboxylic acids is 1. The van der Waals surface area contributed by atoms with Gasteiger partial charge in [0.1, 0.15) is 5.82 Å². The second kappa shape index (κ2) is 5.10. The van der Waals surface area contributed by atoms with Crippen LogP contribution in [0, 0.1) is 5.82 Å². The van der Waals surface area contributed by atoms with E-state index in [0.29, 0.717) is 6.42 Å². The Morgan fingerprint density at radius 1 is 1.57 bits per heavy atom. The third kappa shape index (κ3) is 3.33. The molecule has 0 heterocycles. The molecule has 0 atom stereocenters. The van der Waals surface area contributed by atoms with Crippen molar-refractivity contribution in [2.75, 3.05) is 6.54 Å². The lowest BCUT2D eigenvalue weighted by Crippen LogP contribution is -1.93. The van der Waals surface area contributed by atoms with Gasteiger partial charge in [0.2, 0.25) is 6.08 Å². The molecule has 2 nitrogen and oxygen atoms in total. The van der Waals surface area contributed by atoms with Crippen molar-refractivity contribution in [3.05, 3.63) is 47.8 Å². The van der Waals surface area contributed by atoms with Crippen LogP contribution in [0.3, 0.4) is 0 Å². The van der Waals surface area contributed by atoms with Crippen molar-refractivity contribution >= 4 is 6.08 Å². The Morgan fingerprint density at radius 2 is 2.36 bits per heavy atom. The molecule has 0 radical (unpaired) electrons. The number of hydrogen-bond donors (Lipinski definition) is 0. The fraction of sp³-hybridized carbons (Fsp3) is 0.182. The standard InChI is InChI=1S/C11H10FNO/c1-9(7-13-8-14)5-10-3-2-4-11(12)6-10/h2-4,6H,1,5,7H2. The molecule has 0 aliphatic rings. The lowest BCUT2D eigenvalue weighted by Gasteiger charge is -2.01. The van der Waals surface area contributed by atoms with E-state index in [1.807, 2.05) is 0 Å². The molecule has 0 spiro atoms. The minimum absolute atomic E-state index is 0.250. The van der Waals surface area contributed by atoms with Crippen LogP contribution in [0.2, 0.25) is 0 Å². The zero-order valence-electron chi connectivity index (χ0n) is 7.66. The van der Waals surface area contributed by atoms with Crippen LogP contribution < -0.4 is 0 Å². The van der Waals surface area contributed by atoms with Crippen LogP contribution in [0.1, 0.15) is 5.56 Å². The first-order valence-electron chi connectivity index (χ1n) is 4.17. The van der Waals surface area contributed by atoms with Crippen molar-refractivity contribution in [1.82, 2.24) is 0 Å². The van der Waals surface area contributed by atoms with Gasteiger partial charge in [0.15, 0.2) is 0 Å². The van der Waals surface area contributed by atoms with Crippen LogP contribution in [0.4, 0.5) is 4.39 Å². The fourth-order valence-electron chi connectivity index (χ4n) is 1.14. The number of benzene rings is 1. The van der Waals surface area contributed by atoms with Gasteiger partial charge in [-0.3, -0.25) is 0 Å². The summed E-state index contributed by atoms with van der Waals surface area (Å²) in [6, 6.07) is 6.27. The van der Waals surface area contributed by atoms with E-state index in [1.54, 1.807) is 12.1 Å². The number of isocyanates is 1. The van der Waals surface area contributed by atoms with Gasteiger partial charge in [-0.05, 0) is 24.1 Å². The zero-order valence-corrected chi connectivity index (χ0v) is 7.66. The quantitative estimate of drug-likeness (QED) is 0.407. The molecule has 1 rings (SSSR count). The molecular formula is C11H10FNO. The highest BCUT2D eigenvalue weighted by atomic mass is 19.1. The van der Waals surface area contributed by atoms with E-state index in [-0.39, 0.29) is 12.4 Å². The summed E-state index contributed by atoms with van der Waals surface area (Å²) in [6.45, 7) is 3.97. The first-order chi connectivity index (χ1) is 6.72. The van der Waals surface area contributed by atoms with E-state index >= 15 is 0 Å². The Hall–Kier alpha value is -1.73. The third-order valence-electron chi connectivity index (χ3n) is 1.71. The molecule has 1 aromatic rings. The fourth-order valence-corrected chi connectivity index (χ4v) is 1.14. The van der Waals surface area contributed by atoms with E-state index in [9.17, 15) is 9.18 Å². The lowest BCUT2D eigenvalue weighted by atomic mass is 10.1. The molecular weight excluding hydrogens is 181 g/mol. The Labute approximate surface area is 81.8 Å². The van der Waals surface area contributed by atoms with Crippen molar-refractivity contribution < 1.29 is 9.18 Å². The zero-order chi connectivity index (χ0) is 10.4. The minimum Gasteiger partial charge on any atom is -0.211 e. The summed E-state index contributed by atoms with van der Waals surface area (Å²) in [4.78, 5) is 13.2. The predicted octanol–water partition coefficient (Wildman–Crippen LogP) is 2.26. The van der Waals surface area contributed by atoms with Gasteiger partial charge in [0.05, 0.1) is 6.54 Å². The Bertz CT molecular complexity index is 381. The number of halogens is 1. The van der Waals surface area contributed by atoms with Crippen LogP contribution in [-0.2, 0) is 11.2 Å². The van der Waals surface area contributed by atoms with Crippen LogP contribution >= 0.6 is 0 Å². The van der Waals surface area contributed by atoms with E-state index in [1.165, 1.54) is 18.2 Å². The van der Waals surface area contributed by atoms with Crippen LogP contribution in [0.25, 0.3) is 0 Å². The van der Waals surface area contributed by atoms with Gasteiger partial charge >= 0.3 is 0 Å². The summed E-state index contributed by atoms with van der Waals surface area (Å²) in [5.74, 6) is -0.269. The minimum atomic E-state index is -0.269. The van der Waals surface area contributed by atoms with Crippen molar-refractivity contribution in [3.8, 4) is 0 Å². The topological polar surface area (TPSA) is 29.4 Å². The van der Waals surface area contributed by atoms with Gasteiger partial charge < -0.3 is 0 Å². The third-order valence-corrected chi connectivity index (χ3v) is 1.71. The Kier molecular flexibility index (Phi) is 3.77. The smallest absolute Gasteiger partial charge is 0.211 e. The molecule has 0 aliphatic heterocycles. The maximum absolute atomic E-state index is 12.8. The highest BCUT2D eigenvalue weighted by Gasteiger charge is 1.98. The molecule has 3 heteroatoms. The van der Waals surface area contributed by atoms with Gasteiger partial charge in [0.25, 0.3) is 0 Å². The maximum atomic E-state index is 12.8. The highest BCUT2D eigenvalue weighted by molar-refractivity contribution is 5.34. The molecule has 0 aromatic heterocycles. The van der Waals surface area contributed by atoms with Gasteiger partial charge in [-0.1, -0.05) is 24.3 Å².